The number of nitrogens with zero attached hydrogens (tertiary/aromatic N) is 1. The lowest BCUT2D eigenvalue weighted by molar-refractivity contribution is -0.115. The van der Waals surface area contributed by atoms with Crippen molar-refractivity contribution in [3.8, 4) is 0 Å². The van der Waals surface area contributed by atoms with Gasteiger partial charge in [0.2, 0.25) is 5.91 Å². The summed E-state index contributed by atoms with van der Waals surface area (Å²) in [6, 6.07) is 12.3. The van der Waals surface area contributed by atoms with Gasteiger partial charge in [-0.25, -0.2) is 13.8 Å². The first-order chi connectivity index (χ1) is 12.1. The standard InChI is InChI=1S/C18H20F2N4O.HI/c1-2-21-18(22-11-13-10-14(19)8-9-16(13)20)23-12-17(25)24-15-6-4-3-5-7-15;/h3-10H,2,11-12H2,1H3,(H,24,25)(H2,21,22,23);1H. The van der Waals surface area contributed by atoms with Crippen LogP contribution < -0.4 is 16.0 Å². The number of para-hydroxylation sites is 1. The number of nitrogens with one attached hydrogen (secondary N) is 3. The lowest BCUT2D eigenvalue weighted by Gasteiger charge is -2.11. The minimum absolute atomic E-state index is 0. The summed E-state index contributed by atoms with van der Waals surface area (Å²) in [6.45, 7) is 2.38. The van der Waals surface area contributed by atoms with Crippen molar-refractivity contribution >= 4 is 41.5 Å². The minimum atomic E-state index is -0.525. The summed E-state index contributed by atoms with van der Waals surface area (Å²) in [5, 5.41) is 8.54. The van der Waals surface area contributed by atoms with Crippen LogP contribution in [0.4, 0.5) is 14.5 Å². The molecule has 2 rings (SSSR count). The molecule has 0 saturated heterocycles. The first kappa shape index (κ1) is 21.8. The normalized spacial score (nSPS) is 10.7. The molecular formula is C18H21F2IN4O. The molecule has 3 N–H and O–H groups in total. The van der Waals surface area contributed by atoms with Gasteiger partial charge in [-0.1, -0.05) is 18.2 Å². The Morgan fingerprint density at radius 3 is 2.50 bits per heavy atom. The Morgan fingerprint density at radius 1 is 1.08 bits per heavy atom. The van der Waals surface area contributed by atoms with E-state index in [4.69, 9.17) is 0 Å². The van der Waals surface area contributed by atoms with Crippen LogP contribution in [0.15, 0.2) is 53.5 Å². The number of anilines is 1. The number of aliphatic imine (C=N–C) groups is 1. The fourth-order valence-electron chi connectivity index (χ4n) is 2.06. The van der Waals surface area contributed by atoms with E-state index in [1.54, 1.807) is 12.1 Å². The van der Waals surface area contributed by atoms with E-state index in [0.29, 0.717) is 18.2 Å². The molecule has 26 heavy (non-hydrogen) atoms. The molecule has 2 aromatic rings. The Bertz CT molecular complexity index is 741. The molecule has 0 spiro atoms. The molecule has 0 radical (unpaired) electrons. The number of amides is 1. The highest BCUT2D eigenvalue weighted by Gasteiger charge is 2.06. The fourth-order valence-corrected chi connectivity index (χ4v) is 2.06. The molecular weight excluding hydrogens is 453 g/mol. The van der Waals surface area contributed by atoms with Crippen molar-refractivity contribution in [1.29, 1.82) is 0 Å². The zero-order valence-electron chi connectivity index (χ0n) is 14.3. The third-order valence-corrected chi connectivity index (χ3v) is 3.23. The molecule has 0 bridgehead atoms. The number of benzene rings is 2. The van der Waals surface area contributed by atoms with E-state index >= 15 is 0 Å². The molecule has 0 unspecified atom stereocenters. The molecule has 0 saturated carbocycles. The van der Waals surface area contributed by atoms with Gasteiger partial charge in [-0.2, -0.15) is 0 Å². The van der Waals surface area contributed by atoms with Crippen LogP contribution in [0.2, 0.25) is 0 Å². The molecule has 0 atom stereocenters. The van der Waals surface area contributed by atoms with Crippen molar-refractivity contribution in [2.24, 2.45) is 4.99 Å². The summed E-state index contributed by atoms with van der Waals surface area (Å²) < 4.78 is 26.8. The summed E-state index contributed by atoms with van der Waals surface area (Å²) in [5.41, 5.74) is 0.837. The van der Waals surface area contributed by atoms with E-state index in [0.717, 1.165) is 18.2 Å². The van der Waals surface area contributed by atoms with Gasteiger partial charge in [0.15, 0.2) is 5.96 Å². The van der Waals surface area contributed by atoms with Crippen molar-refractivity contribution < 1.29 is 13.6 Å². The molecule has 0 heterocycles. The van der Waals surface area contributed by atoms with Crippen LogP contribution in [-0.2, 0) is 11.3 Å². The fraction of sp³-hybridized carbons (Fsp3) is 0.222. The molecule has 8 heteroatoms. The van der Waals surface area contributed by atoms with E-state index in [1.165, 1.54) is 0 Å². The van der Waals surface area contributed by atoms with Crippen molar-refractivity contribution in [3.63, 3.8) is 0 Å². The number of hydrogen-bond donors (Lipinski definition) is 3. The Balaban J connectivity index is 0.00000338. The van der Waals surface area contributed by atoms with Crippen molar-refractivity contribution in [2.75, 3.05) is 18.4 Å². The molecule has 0 aliphatic heterocycles. The van der Waals surface area contributed by atoms with Gasteiger partial charge in [-0.05, 0) is 37.3 Å². The second-order valence-electron chi connectivity index (χ2n) is 5.20. The van der Waals surface area contributed by atoms with Gasteiger partial charge in [0.1, 0.15) is 11.6 Å². The molecule has 1 amide bonds. The number of hydrogen-bond acceptors (Lipinski definition) is 2. The summed E-state index contributed by atoms with van der Waals surface area (Å²) >= 11 is 0. The van der Waals surface area contributed by atoms with E-state index < -0.39 is 11.6 Å². The predicted octanol–water partition coefficient (Wildman–Crippen LogP) is 3.28. The van der Waals surface area contributed by atoms with Gasteiger partial charge in [0.05, 0.1) is 13.1 Å². The maximum atomic E-state index is 13.6. The van der Waals surface area contributed by atoms with Crippen LogP contribution in [0, 0.1) is 11.6 Å². The second-order valence-corrected chi connectivity index (χ2v) is 5.20. The van der Waals surface area contributed by atoms with Crippen LogP contribution in [-0.4, -0.2) is 25.0 Å². The zero-order chi connectivity index (χ0) is 18.1. The predicted molar refractivity (Wildman–Crippen MR) is 110 cm³/mol. The topological polar surface area (TPSA) is 65.5 Å². The van der Waals surface area contributed by atoms with Crippen molar-refractivity contribution in [1.82, 2.24) is 10.6 Å². The maximum absolute atomic E-state index is 13.6. The van der Waals surface area contributed by atoms with E-state index in [1.807, 2.05) is 25.1 Å². The largest absolute Gasteiger partial charge is 0.357 e. The van der Waals surface area contributed by atoms with Crippen LogP contribution in [0.1, 0.15) is 12.5 Å². The van der Waals surface area contributed by atoms with Gasteiger partial charge in [-0.3, -0.25) is 4.79 Å². The summed E-state index contributed by atoms with van der Waals surface area (Å²) in [4.78, 5) is 16.1. The Morgan fingerprint density at radius 2 is 1.81 bits per heavy atom. The molecule has 0 aromatic heterocycles. The highest BCUT2D eigenvalue weighted by molar-refractivity contribution is 14.0. The van der Waals surface area contributed by atoms with Crippen LogP contribution in [0.5, 0.6) is 0 Å². The third kappa shape index (κ3) is 7.34. The quantitative estimate of drug-likeness (QED) is 0.342. The number of guanidine groups is 1. The van der Waals surface area contributed by atoms with Gasteiger partial charge >= 0.3 is 0 Å². The van der Waals surface area contributed by atoms with Crippen molar-refractivity contribution in [3.05, 3.63) is 65.7 Å². The van der Waals surface area contributed by atoms with Crippen LogP contribution >= 0.6 is 24.0 Å². The highest BCUT2D eigenvalue weighted by Crippen LogP contribution is 2.10. The van der Waals surface area contributed by atoms with Crippen LogP contribution in [0.25, 0.3) is 0 Å². The van der Waals surface area contributed by atoms with Gasteiger partial charge in [-0.15, -0.1) is 24.0 Å². The smallest absolute Gasteiger partial charge is 0.243 e. The Kier molecular flexibility index (Phi) is 9.56. The lowest BCUT2D eigenvalue weighted by Crippen LogP contribution is -2.41. The molecule has 0 fully saturated rings. The number of halogens is 3. The molecule has 2 aromatic carbocycles. The van der Waals surface area contributed by atoms with Gasteiger partial charge < -0.3 is 16.0 Å². The molecule has 0 aliphatic rings. The lowest BCUT2D eigenvalue weighted by atomic mass is 10.2. The number of carbonyl (C=O) groups excluding carboxylic acids is 1. The number of rotatable bonds is 6. The van der Waals surface area contributed by atoms with E-state index in [2.05, 4.69) is 20.9 Å². The Hall–Kier alpha value is -2.23. The first-order valence-electron chi connectivity index (χ1n) is 7.89. The number of carbonyl (C=O) groups is 1. The molecule has 5 nitrogen and oxygen atoms in total. The van der Waals surface area contributed by atoms with Crippen LogP contribution in [0.3, 0.4) is 0 Å². The average Bonchev–Trinajstić information content (AvgIpc) is 2.61. The second kappa shape index (κ2) is 11.4. The van der Waals surface area contributed by atoms with Gasteiger partial charge in [0, 0.05) is 17.8 Å². The van der Waals surface area contributed by atoms with Crippen molar-refractivity contribution in [2.45, 2.75) is 13.5 Å². The maximum Gasteiger partial charge on any atom is 0.243 e. The monoisotopic (exact) mass is 474 g/mol. The van der Waals surface area contributed by atoms with Gasteiger partial charge in [0.25, 0.3) is 0 Å². The molecule has 0 aliphatic carbocycles. The first-order valence-corrected chi connectivity index (χ1v) is 7.89. The summed E-state index contributed by atoms with van der Waals surface area (Å²) in [5.74, 6) is -0.947. The highest BCUT2D eigenvalue weighted by atomic mass is 127. The average molecular weight is 474 g/mol. The van der Waals surface area contributed by atoms with E-state index in [-0.39, 0.29) is 48.5 Å². The Labute approximate surface area is 168 Å². The SMILES string of the molecule is CCNC(=NCc1cc(F)ccc1F)NCC(=O)Nc1ccccc1.I. The molecule has 140 valence electrons. The third-order valence-electron chi connectivity index (χ3n) is 3.23. The minimum Gasteiger partial charge on any atom is -0.357 e. The van der Waals surface area contributed by atoms with E-state index in [9.17, 15) is 13.6 Å². The summed E-state index contributed by atoms with van der Waals surface area (Å²) in [6.07, 6.45) is 0. The zero-order valence-corrected chi connectivity index (χ0v) is 16.6. The summed E-state index contributed by atoms with van der Waals surface area (Å²) in [7, 11) is 0.